The van der Waals surface area contributed by atoms with Crippen molar-refractivity contribution < 1.29 is 18.3 Å². The summed E-state index contributed by atoms with van der Waals surface area (Å²) >= 11 is 0. The monoisotopic (exact) mass is 452 g/mol. The summed E-state index contributed by atoms with van der Waals surface area (Å²) in [6, 6.07) is 14.4. The van der Waals surface area contributed by atoms with Gasteiger partial charge in [0.25, 0.3) is 15.6 Å². The number of pyridine rings is 1. The molecule has 0 aliphatic carbocycles. The smallest absolute Gasteiger partial charge is 0.271 e. The minimum atomic E-state index is -3.90. The molecule has 0 fully saturated rings. The van der Waals surface area contributed by atoms with Crippen LogP contribution in [0.1, 0.15) is 16.7 Å². The first-order valence-electron chi connectivity index (χ1n) is 9.32. The van der Waals surface area contributed by atoms with Gasteiger partial charge in [-0.1, -0.05) is 18.2 Å². The van der Waals surface area contributed by atoms with E-state index >= 15 is 0 Å². The lowest BCUT2D eigenvalue weighted by molar-refractivity contribution is 0.415. The molecule has 2 N–H and O–H groups in total. The molecule has 3 rings (SSSR count). The first kappa shape index (κ1) is 22.6. The summed E-state index contributed by atoms with van der Waals surface area (Å²) in [7, 11) is -1.16. The maximum atomic E-state index is 12.8. The molecular weight excluding hydrogens is 432 g/mol. The van der Waals surface area contributed by atoms with Gasteiger partial charge in [0.2, 0.25) is 5.88 Å². The number of nitrogens with zero attached hydrogens (tertiary/aromatic N) is 3. The van der Waals surface area contributed by atoms with Crippen LogP contribution in [0, 0.1) is 18.3 Å². The van der Waals surface area contributed by atoms with E-state index in [4.69, 9.17) is 4.74 Å². The van der Waals surface area contributed by atoms with E-state index in [0.29, 0.717) is 11.4 Å². The highest BCUT2D eigenvalue weighted by Crippen LogP contribution is 2.31. The highest BCUT2D eigenvalue weighted by Gasteiger charge is 2.18. The fourth-order valence-corrected chi connectivity index (χ4v) is 4.06. The average Bonchev–Trinajstić information content (AvgIpc) is 2.78. The third-order valence-electron chi connectivity index (χ3n) is 4.79. The van der Waals surface area contributed by atoms with E-state index in [0.717, 1.165) is 4.57 Å². The van der Waals surface area contributed by atoms with Gasteiger partial charge in [-0.15, -0.1) is 0 Å². The van der Waals surface area contributed by atoms with Crippen molar-refractivity contribution in [2.45, 2.75) is 11.8 Å². The topological polar surface area (TPSA) is 134 Å². The summed E-state index contributed by atoms with van der Waals surface area (Å²) < 4.78 is 34.3. The van der Waals surface area contributed by atoms with Crippen LogP contribution in [0.25, 0.3) is 0 Å². The fraction of sp³-hybridized carbons (Fsp3) is 0.136. The number of benzene rings is 2. The number of aliphatic imine (C=N–C) groups is 1. The zero-order valence-corrected chi connectivity index (χ0v) is 18.3. The van der Waals surface area contributed by atoms with Crippen molar-refractivity contribution in [3.05, 3.63) is 75.6 Å². The number of sulfonamides is 1. The average molecular weight is 452 g/mol. The number of hydrogen-bond acceptors (Lipinski definition) is 7. The fourth-order valence-electron chi connectivity index (χ4n) is 2.99. The summed E-state index contributed by atoms with van der Waals surface area (Å²) in [5.74, 6) is -0.0777. The highest BCUT2D eigenvalue weighted by atomic mass is 32.2. The number of aromatic hydroxyl groups is 1. The minimum absolute atomic E-state index is 0.0478. The summed E-state index contributed by atoms with van der Waals surface area (Å²) in [4.78, 5) is 16.3. The normalized spacial score (nSPS) is 11.3. The lowest BCUT2D eigenvalue weighted by atomic mass is 10.1. The van der Waals surface area contributed by atoms with Gasteiger partial charge in [-0.3, -0.25) is 19.1 Å². The molecule has 0 bridgehead atoms. The first-order valence-corrected chi connectivity index (χ1v) is 10.8. The quantitative estimate of drug-likeness (QED) is 0.553. The van der Waals surface area contributed by atoms with Crippen molar-refractivity contribution in [1.29, 1.82) is 5.26 Å². The molecule has 0 aliphatic rings. The number of hydrogen-bond donors (Lipinski definition) is 2. The predicted molar refractivity (Wildman–Crippen MR) is 120 cm³/mol. The molecule has 0 amide bonds. The number of nitriles is 1. The SMILES string of the molecule is COc1ccc(S(=O)(=O)Nc2ccccc2)cc1N=Cc1c(C)c(C#N)c(=O)n(C)c1O. The molecule has 32 heavy (non-hydrogen) atoms. The second-order valence-electron chi connectivity index (χ2n) is 6.78. The molecule has 0 atom stereocenters. The third kappa shape index (κ3) is 4.33. The van der Waals surface area contributed by atoms with Gasteiger partial charge in [-0.2, -0.15) is 5.26 Å². The van der Waals surface area contributed by atoms with Crippen LogP contribution in [0.3, 0.4) is 0 Å². The summed E-state index contributed by atoms with van der Waals surface area (Å²) in [6.07, 6.45) is 1.25. The van der Waals surface area contributed by atoms with Crippen molar-refractivity contribution in [3.8, 4) is 17.7 Å². The molecule has 0 unspecified atom stereocenters. The van der Waals surface area contributed by atoms with Crippen molar-refractivity contribution in [1.82, 2.24) is 4.57 Å². The molecule has 2 aromatic carbocycles. The van der Waals surface area contributed by atoms with Gasteiger partial charge >= 0.3 is 0 Å². The van der Waals surface area contributed by atoms with Crippen molar-refractivity contribution >= 4 is 27.6 Å². The molecule has 1 heterocycles. The van der Waals surface area contributed by atoms with Crippen LogP contribution >= 0.6 is 0 Å². The highest BCUT2D eigenvalue weighted by molar-refractivity contribution is 7.92. The molecule has 164 valence electrons. The minimum Gasteiger partial charge on any atom is -0.494 e. The Balaban J connectivity index is 2.06. The van der Waals surface area contributed by atoms with Gasteiger partial charge in [0.15, 0.2) is 0 Å². The molecule has 9 nitrogen and oxygen atoms in total. The van der Waals surface area contributed by atoms with Gasteiger partial charge in [-0.05, 0) is 42.8 Å². The second-order valence-corrected chi connectivity index (χ2v) is 8.46. The number of rotatable bonds is 6. The lowest BCUT2D eigenvalue weighted by Crippen LogP contribution is -2.22. The summed E-state index contributed by atoms with van der Waals surface area (Å²) in [5.41, 5.74) is 0.240. The van der Waals surface area contributed by atoms with Crippen molar-refractivity contribution in [2.24, 2.45) is 12.0 Å². The van der Waals surface area contributed by atoms with Crippen LogP contribution < -0.4 is 15.0 Å². The van der Waals surface area contributed by atoms with Gasteiger partial charge in [0.05, 0.1) is 17.6 Å². The number of ether oxygens (including phenoxy) is 1. The maximum Gasteiger partial charge on any atom is 0.271 e. The molecule has 0 saturated heterocycles. The van der Waals surface area contributed by atoms with Crippen LogP contribution in [0.5, 0.6) is 11.6 Å². The van der Waals surface area contributed by atoms with Gasteiger partial charge in [0.1, 0.15) is 23.1 Å². The van der Waals surface area contributed by atoms with E-state index in [1.54, 1.807) is 30.3 Å². The zero-order valence-electron chi connectivity index (χ0n) is 17.5. The van der Waals surface area contributed by atoms with E-state index in [1.807, 2.05) is 6.07 Å². The second kappa shape index (κ2) is 8.95. The van der Waals surface area contributed by atoms with E-state index < -0.39 is 15.6 Å². The molecular formula is C22H20N4O5S. The molecule has 1 aromatic heterocycles. The van der Waals surface area contributed by atoms with Gasteiger partial charge in [0, 0.05) is 18.9 Å². The van der Waals surface area contributed by atoms with Crippen LogP contribution in [0.2, 0.25) is 0 Å². The Hall–Kier alpha value is -4.10. The first-order chi connectivity index (χ1) is 15.2. The third-order valence-corrected chi connectivity index (χ3v) is 6.17. The Morgan fingerprint density at radius 1 is 1.22 bits per heavy atom. The molecule has 3 aromatic rings. The van der Waals surface area contributed by atoms with E-state index in [9.17, 15) is 23.6 Å². The van der Waals surface area contributed by atoms with Crippen LogP contribution in [0.4, 0.5) is 11.4 Å². The maximum absolute atomic E-state index is 12.8. The summed E-state index contributed by atoms with van der Waals surface area (Å²) in [5, 5.41) is 19.6. The van der Waals surface area contributed by atoms with Crippen LogP contribution in [0.15, 0.2) is 63.2 Å². The van der Waals surface area contributed by atoms with Gasteiger partial charge in [-0.25, -0.2) is 8.42 Å². The lowest BCUT2D eigenvalue weighted by Gasteiger charge is -2.12. The Labute approximate surface area is 184 Å². The standard InChI is InChI=1S/C22H20N4O5S/c1-14-17(12-23)21(27)26(2)22(28)18(14)13-24-19-11-16(9-10-20(19)31-3)32(29,30)25-15-7-5-4-6-8-15/h4-11,13,25,28H,1-3H3. The number of aromatic nitrogens is 1. The number of para-hydroxylation sites is 1. The molecule has 0 saturated carbocycles. The van der Waals surface area contributed by atoms with E-state index in [2.05, 4.69) is 9.71 Å². The number of methoxy groups -OCH3 is 1. The van der Waals surface area contributed by atoms with Crippen molar-refractivity contribution in [3.63, 3.8) is 0 Å². The molecule has 0 spiro atoms. The number of anilines is 1. The Morgan fingerprint density at radius 3 is 2.53 bits per heavy atom. The largest absolute Gasteiger partial charge is 0.494 e. The van der Waals surface area contributed by atoms with E-state index in [1.165, 1.54) is 45.5 Å². The van der Waals surface area contributed by atoms with Crippen molar-refractivity contribution in [2.75, 3.05) is 11.8 Å². The Kier molecular flexibility index (Phi) is 6.32. The molecule has 0 radical (unpaired) electrons. The molecule has 10 heteroatoms. The summed E-state index contributed by atoms with van der Waals surface area (Å²) in [6.45, 7) is 1.52. The molecule has 0 aliphatic heterocycles. The van der Waals surface area contributed by atoms with E-state index in [-0.39, 0.29) is 33.2 Å². The Bertz CT molecular complexity index is 1400. The van der Waals surface area contributed by atoms with Crippen LogP contribution in [-0.2, 0) is 17.1 Å². The number of nitrogens with one attached hydrogen (secondary N) is 1. The van der Waals surface area contributed by atoms with Crippen LogP contribution in [-0.4, -0.2) is 31.4 Å². The zero-order chi connectivity index (χ0) is 23.5. The predicted octanol–water partition coefficient (Wildman–Crippen LogP) is 2.83. The van der Waals surface area contributed by atoms with Gasteiger partial charge < -0.3 is 9.84 Å². The Morgan fingerprint density at radius 2 is 1.91 bits per heavy atom.